The molecule has 6 nitrogen and oxygen atoms in total. The predicted molar refractivity (Wildman–Crippen MR) is 83.0 cm³/mol. The van der Waals surface area contributed by atoms with Gasteiger partial charge in [-0.1, -0.05) is 0 Å². The molecule has 0 aliphatic carbocycles. The highest BCUT2D eigenvalue weighted by Gasteiger charge is 2.31. The molecule has 1 aromatic rings. The van der Waals surface area contributed by atoms with Crippen LogP contribution in [0, 0.1) is 0 Å². The molecule has 1 amide bonds. The summed E-state index contributed by atoms with van der Waals surface area (Å²) in [6.45, 7) is 2.01. The van der Waals surface area contributed by atoms with Gasteiger partial charge in [-0.3, -0.25) is 14.7 Å². The predicted octanol–water partition coefficient (Wildman–Crippen LogP) is 0.476. The average Bonchev–Trinajstić information content (AvgIpc) is 3.00. The molecule has 1 aromatic heterocycles. The Labute approximate surface area is 131 Å². The summed E-state index contributed by atoms with van der Waals surface area (Å²) >= 11 is 0. The average molecular weight is 323 g/mol. The molecular formula is C15H21N3O3S. The van der Waals surface area contributed by atoms with Crippen molar-refractivity contribution >= 4 is 15.7 Å². The van der Waals surface area contributed by atoms with Gasteiger partial charge in [0.05, 0.1) is 24.1 Å². The Morgan fingerprint density at radius 2 is 1.86 bits per heavy atom. The maximum Gasteiger partial charge on any atom is 0.237 e. The fraction of sp³-hybridized carbons (Fsp3) is 0.600. The minimum atomic E-state index is -2.90. The lowest BCUT2D eigenvalue weighted by molar-refractivity contribution is -0.133. The van der Waals surface area contributed by atoms with Gasteiger partial charge in [0.1, 0.15) is 0 Å². The van der Waals surface area contributed by atoms with Crippen LogP contribution in [0.25, 0.3) is 0 Å². The Morgan fingerprint density at radius 1 is 1.18 bits per heavy atom. The number of carbonyl (C=O) groups excluding carboxylic acids is 1. The smallest absolute Gasteiger partial charge is 0.237 e. The highest BCUT2D eigenvalue weighted by molar-refractivity contribution is 7.91. The SMILES string of the molecule is O=C(CN1CCS(=O)(=O)CC1)N1CCCC1c1ccncc1. The van der Waals surface area contributed by atoms with Gasteiger partial charge in [0.25, 0.3) is 0 Å². The van der Waals surface area contributed by atoms with Gasteiger partial charge in [-0.2, -0.15) is 0 Å². The molecule has 0 aromatic carbocycles. The largest absolute Gasteiger partial charge is 0.335 e. The molecule has 0 radical (unpaired) electrons. The summed E-state index contributed by atoms with van der Waals surface area (Å²) in [6, 6.07) is 4.05. The number of rotatable bonds is 3. The van der Waals surface area contributed by atoms with Gasteiger partial charge in [-0.15, -0.1) is 0 Å². The number of pyridine rings is 1. The molecule has 0 N–H and O–H groups in total. The fourth-order valence-corrected chi connectivity index (χ4v) is 4.46. The van der Waals surface area contributed by atoms with Gasteiger partial charge < -0.3 is 4.90 Å². The Morgan fingerprint density at radius 3 is 2.55 bits per heavy atom. The van der Waals surface area contributed by atoms with Gasteiger partial charge in [0.2, 0.25) is 5.91 Å². The molecule has 1 atom stereocenters. The zero-order valence-corrected chi connectivity index (χ0v) is 13.3. The van der Waals surface area contributed by atoms with Crippen LogP contribution in [-0.2, 0) is 14.6 Å². The van der Waals surface area contributed by atoms with Gasteiger partial charge >= 0.3 is 0 Å². The van der Waals surface area contributed by atoms with Crippen LogP contribution in [0.4, 0.5) is 0 Å². The monoisotopic (exact) mass is 323 g/mol. The molecule has 22 heavy (non-hydrogen) atoms. The van der Waals surface area contributed by atoms with Crippen LogP contribution in [0.2, 0.25) is 0 Å². The van der Waals surface area contributed by atoms with E-state index in [4.69, 9.17) is 0 Å². The molecule has 2 saturated heterocycles. The van der Waals surface area contributed by atoms with Crippen molar-refractivity contribution in [1.82, 2.24) is 14.8 Å². The second-order valence-corrected chi connectivity index (χ2v) is 8.26. The Hall–Kier alpha value is -1.47. The molecule has 120 valence electrons. The van der Waals surface area contributed by atoms with Crippen LogP contribution in [-0.4, -0.2) is 66.8 Å². The van der Waals surface area contributed by atoms with Crippen LogP contribution in [0.3, 0.4) is 0 Å². The van der Waals surface area contributed by atoms with Crippen molar-refractivity contribution in [2.45, 2.75) is 18.9 Å². The quantitative estimate of drug-likeness (QED) is 0.809. The molecule has 1 unspecified atom stereocenters. The molecule has 3 rings (SSSR count). The number of aromatic nitrogens is 1. The van der Waals surface area contributed by atoms with Gasteiger partial charge in [0.15, 0.2) is 9.84 Å². The fourth-order valence-electron chi connectivity index (χ4n) is 3.19. The van der Waals surface area contributed by atoms with Gasteiger partial charge in [0, 0.05) is 32.0 Å². The van der Waals surface area contributed by atoms with Crippen molar-refractivity contribution in [2.75, 3.05) is 37.7 Å². The maximum atomic E-state index is 12.6. The number of hydrogen-bond acceptors (Lipinski definition) is 5. The molecule has 0 spiro atoms. The summed E-state index contributed by atoms with van der Waals surface area (Å²) in [4.78, 5) is 20.5. The van der Waals surface area contributed by atoms with E-state index in [1.807, 2.05) is 21.9 Å². The van der Waals surface area contributed by atoms with Crippen molar-refractivity contribution in [2.24, 2.45) is 0 Å². The number of likely N-dealkylation sites (tertiary alicyclic amines) is 1. The first kappa shape index (κ1) is 15.4. The molecule has 0 bridgehead atoms. The Kier molecular flexibility index (Phi) is 4.44. The zero-order chi connectivity index (χ0) is 15.6. The lowest BCUT2D eigenvalue weighted by atomic mass is 10.1. The zero-order valence-electron chi connectivity index (χ0n) is 12.5. The summed E-state index contributed by atoms with van der Waals surface area (Å²) in [5, 5.41) is 0. The molecule has 0 saturated carbocycles. The van der Waals surface area contributed by atoms with Crippen molar-refractivity contribution < 1.29 is 13.2 Å². The number of sulfone groups is 1. The van der Waals surface area contributed by atoms with Crippen LogP contribution >= 0.6 is 0 Å². The second-order valence-electron chi connectivity index (χ2n) is 5.95. The van der Waals surface area contributed by atoms with E-state index < -0.39 is 9.84 Å². The summed E-state index contributed by atoms with van der Waals surface area (Å²) < 4.78 is 22.9. The minimum absolute atomic E-state index is 0.0959. The van der Waals surface area contributed by atoms with Crippen molar-refractivity contribution in [1.29, 1.82) is 0 Å². The van der Waals surface area contributed by atoms with E-state index in [0.29, 0.717) is 19.6 Å². The van der Waals surface area contributed by atoms with Crippen LogP contribution in [0.15, 0.2) is 24.5 Å². The number of amides is 1. The summed E-state index contributed by atoms with van der Waals surface area (Å²) in [5.41, 5.74) is 1.13. The normalized spacial score (nSPS) is 25.3. The standard InChI is InChI=1S/C15H21N3O3S/c19-15(12-17-8-10-22(20,21)11-9-17)18-7-1-2-14(18)13-3-5-16-6-4-13/h3-6,14H,1-2,7-12H2. The molecule has 3 heterocycles. The van der Waals surface area contributed by atoms with E-state index in [1.165, 1.54) is 0 Å². The molecule has 7 heteroatoms. The van der Waals surface area contributed by atoms with E-state index >= 15 is 0 Å². The van der Waals surface area contributed by atoms with E-state index in [-0.39, 0.29) is 23.5 Å². The van der Waals surface area contributed by atoms with Crippen molar-refractivity contribution in [3.63, 3.8) is 0 Å². The minimum Gasteiger partial charge on any atom is -0.335 e. The second kappa shape index (κ2) is 6.34. The lowest BCUT2D eigenvalue weighted by Gasteiger charge is -2.30. The van der Waals surface area contributed by atoms with Gasteiger partial charge in [-0.05, 0) is 30.5 Å². The highest BCUT2D eigenvalue weighted by atomic mass is 32.2. The van der Waals surface area contributed by atoms with Crippen molar-refractivity contribution in [3.8, 4) is 0 Å². The number of nitrogens with zero attached hydrogens (tertiary/aromatic N) is 3. The van der Waals surface area contributed by atoms with E-state index in [2.05, 4.69) is 4.98 Å². The topological polar surface area (TPSA) is 70.6 Å². The summed E-state index contributed by atoms with van der Waals surface area (Å²) in [7, 11) is -2.90. The first-order valence-electron chi connectivity index (χ1n) is 7.67. The van der Waals surface area contributed by atoms with Crippen molar-refractivity contribution in [3.05, 3.63) is 30.1 Å². The molecular weight excluding hydrogens is 302 g/mol. The first-order valence-corrected chi connectivity index (χ1v) is 9.49. The van der Waals surface area contributed by atoms with Crippen LogP contribution < -0.4 is 0 Å². The molecule has 2 aliphatic rings. The molecule has 2 aliphatic heterocycles. The Bertz CT molecular complexity index is 619. The van der Waals surface area contributed by atoms with E-state index in [1.54, 1.807) is 12.4 Å². The maximum absolute atomic E-state index is 12.6. The highest BCUT2D eigenvalue weighted by Crippen LogP contribution is 2.31. The third-order valence-corrected chi connectivity index (χ3v) is 6.07. The van der Waals surface area contributed by atoms with E-state index in [0.717, 1.165) is 24.9 Å². The third-order valence-electron chi connectivity index (χ3n) is 4.46. The molecule has 2 fully saturated rings. The summed E-state index contributed by atoms with van der Waals surface area (Å²) in [5.74, 6) is 0.417. The van der Waals surface area contributed by atoms with Gasteiger partial charge in [-0.25, -0.2) is 8.42 Å². The number of carbonyl (C=O) groups is 1. The van der Waals surface area contributed by atoms with Crippen LogP contribution in [0.1, 0.15) is 24.4 Å². The number of hydrogen-bond donors (Lipinski definition) is 0. The van der Waals surface area contributed by atoms with Crippen LogP contribution in [0.5, 0.6) is 0 Å². The van der Waals surface area contributed by atoms with E-state index in [9.17, 15) is 13.2 Å². The summed E-state index contributed by atoms with van der Waals surface area (Å²) in [6.07, 6.45) is 5.49. The third kappa shape index (κ3) is 3.47. The lowest BCUT2D eigenvalue weighted by Crippen LogP contribution is -2.46. The Balaban J connectivity index is 1.62. The first-order chi connectivity index (χ1) is 10.6.